The molecular formula is C17H23F3N2O4. The van der Waals surface area contributed by atoms with Crippen LogP contribution >= 0.6 is 0 Å². The summed E-state index contributed by atoms with van der Waals surface area (Å²) in [6.45, 7) is 1.42. The summed E-state index contributed by atoms with van der Waals surface area (Å²) in [6.07, 6.45) is -4.42. The van der Waals surface area contributed by atoms with Gasteiger partial charge in [0.25, 0.3) is 5.91 Å². The van der Waals surface area contributed by atoms with Crippen molar-refractivity contribution in [1.29, 1.82) is 0 Å². The maximum absolute atomic E-state index is 13.3. The minimum atomic E-state index is -4.42. The van der Waals surface area contributed by atoms with Gasteiger partial charge in [-0.15, -0.1) is 0 Å². The zero-order valence-electron chi connectivity index (χ0n) is 15.4. The summed E-state index contributed by atoms with van der Waals surface area (Å²) < 4.78 is 55.5. The fourth-order valence-corrected chi connectivity index (χ4v) is 3.05. The van der Waals surface area contributed by atoms with Gasteiger partial charge in [-0.1, -0.05) is 0 Å². The van der Waals surface area contributed by atoms with Gasteiger partial charge in [-0.3, -0.25) is 9.69 Å². The normalized spacial score (nSPS) is 21.5. The molecule has 1 heterocycles. The lowest BCUT2D eigenvalue weighted by atomic mass is 10.1. The predicted octanol–water partition coefficient (Wildman–Crippen LogP) is 2.42. The zero-order chi connectivity index (χ0) is 19.6. The van der Waals surface area contributed by atoms with E-state index >= 15 is 0 Å². The van der Waals surface area contributed by atoms with Crippen LogP contribution in [-0.2, 0) is 0 Å². The van der Waals surface area contributed by atoms with Crippen LogP contribution < -0.4 is 14.2 Å². The molecule has 1 amide bonds. The van der Waals surface area contributed by atoms with Gasteiger partial charge in [0.05, 0.1) is 21.3 Å². The van der Waals surface area contributed by atoms with E-state index in [0.717, 1.165) is 0 Å². The molecule has 2 unspecified atom stereocenters. The Bertz CT molecular complexity index is 641. The fraction of sp³-hybridized carbons (Fsp3) is 0.588. The van der Waals surface area contributed by atoms with Crippen LogP contribution in [-0.4, -0.2) is 75.4 Å². The minimum absolute atomic E-state index is 0.178. The summed E-state index contributed by atoms with van der Waals surface area (Å²) in [7, 11) is 5.66. The van der Waals surface area contributed by atoms with Crippen molar-refractivity contribution >= 4 is 5.91 Å². The zero-order valence-corrected chi connectivity index (χ0v) is 15.4. The Morgan fingerprint density at radius 3 is 2.04 bits per heavy atom. The van der Waals surface area contributed by atoms with Crippen molar-refractivity contribution in [2.24, 2.45) is 0 Å². The minimum Gasteiger partial charge on any atom is -0.493 e. The third kappa shape index (κ3) is 3.82. The highest BCUT2D eigenvalue weighted by atomic mass is 19.4. The second-order valence-corrected chi connectivity index (χ2v) is 6.20. The highest BCUT2D eigenvalue weighted by Gasteiger charge is 2.48. The molecule has 1 saturated heterocycles. The lowest BCUT2D eigenvalue weighted by Crippen LogP contribution is -2.62. The molecule has 0 bridgehead atoms. The third-order valence-electron chi connectivity index (χ3n) is 4.64. The number of methoxy groups -OCH3 is 3. The van der Waals surface area contributed by atoms with Gasteiger partial charge in [0.15, 0.2) is 11.5 Å². The first-order chi connectivity index (χ1) is 12.1. The van der Waals surface area contributed by atoms with Gasteiger partial charge in [0, 0.05) is 24.7 Å². The smallest absolute Gasteiger partial charge is 0.405 e. The molecule has 0 N–H and O–H groups in total. The van der Waals surface area contributed by atoms with Gasteiger partial charge < -0.3 is 19.1 Å². The number of hydrogen-bond donors (Lipinski definition) is 0. The second kappa shape index (κ2) is 7.61. The first-order valence-electron chi connectivity index (χ1n) is 8.02. The van der Waals surface area contributed by atoms with E-state index < -0.39 is 30.7 Å². The Hall–Kier alpha value is -2.16. The van der Waals surface area contributed by atoms with Crippen LogP contribution in [0.3, 0.4) is 0 Å². The van der Waals surface area contributed by atoms with Crippen molar-refractivity contribution in [2.45, 2.75) is 25.2 Å². The average Bonchev–Trinajstić information content (AvgIpc) is 2.60. The number of carbonyl (C=O) groups is 1. The monoisotopic (exact) mass is 376 g/mol. The Morgan fingerprint density at radius 1 is 1.08 bits per heavy atom. The lowest BCUT2D eigenvalue weighted by Gasteiger charge is -2.44. The molecule has 0 saturated carbocycles. The largest absolute Gasteiger partial charge is 0.493 e. The molecule has 1 aliphatic rings. The SMILES string of the molecule is COc1cc(C(=O)N2CC(C)N(C)C(C(F)(F)F)C2)cc(OC)c1OC. The van der Waals surface area contributed by atoms with Crippen LogP contribution in [0.2, 0.25) is 0 Å². The molecule has 0 radical (unpaired) electrons. The van der Waals surface area contributed by atoms with Gasteiger partial charge in [-0.25, -0.2) is 0 Å². The first kappa shape index (κ1) is 20.2. The molecular weight excluding hydrogens is 353 g/mol. The quantitative estimate of drug-likeness (QED) is 0.808. The van der Waals surface area contributed by atoms with E-state index in [2.05, 4.69) is 0 Å². The van der Waals surface area contributed by atoms with Gasteiger partial charge in [0.1, 0.15) is 6.04 Å². The van der Waals surface area contributed by atoms with E-state index in [9.17, 15) is 18.0 Å². The number of amides is 1. The average molecular weight is 376 g/mol. The number of halogens is 3. The van der Waals surface area contributed by atoms with Gasteiger partial charge in [-0.05, 0) is 26.1 Å². The van der Waals surface area contributed by atoms with E-state index in [4.69, 9.17) is 14.2 Å². The molecule has 146 valence electrons. The number of alkyl halides is 3. The molecule has 2 rings (SSSR count). The van der Waals surface area contributed by atoms with E-state index in [1.54, 1.807) is 6.92 Å². The number of likely N-dealkylation sites (N-methyl/N-ethyl adjacent to an activating group) is 1. The van der Waals surface area contributed by atoms with Crippen LogP contribution in [0.15, 0.2) is 12.1 Å². The van der Waals surface area contributed by atoms with E-state index in [1.165, 1.54) is 50.3 Å². The van der Waals surface area contributed by atoms with Crippen molar-refractivity contribution in [3.8, 4) is 17.2 Å². The van der Waals surface area contributed by atoms with Crippen molar-refractivity contribution in [1.82, 2.24) is 9.80 Å². The molecule has 0 aliphatic carbocycles. The molecule has 0 aromatic heterocycles. The third-order valence-corrected chi connectivity index (χ3v) is 4.64. The summed E-state index contributed by atoms with van der Waals surface area (Å²) in [5.74, 6) is 0.333. The van der Waals surface area contributed by atoms with E-state index in [0.29, 0.717) is 5.75 Å². The van der Waals surface area contributed by atoms with Crippen molar-refractivity contribution in [3.63, 3.8) is 0 Å². The number of piperazine rings is 1. The molecule has 26 heavy (non-hydrogen) atoms. The number of benzene rings is 1. The van der Waals surface area contributed by atoms with Gasteiger partial charge in [0.2, 0.25) is 5.75 Å². The molecule has 0 spiro atoms. The Morgan fingerprint density at radius 2 is 1.62 bits per heavy atom. The van der Waals surface area contributed by atoms with Crippen LogP contribution in [0.4, 0.5) is 13.2 Å². The number of nitrogens with zero attached hydrogens (tertiary/aromatic N) is 2. The topological polar surface area (TPSA) is 51.2 Å². The Kier molecular flexibility index (Phi) is 5.90. The molecule has 2 atom stereocenters. The van der Waals surface area contributed by atoms with E-state index in [-0.39, 0.29) is 23.6 Å². The van der Waals surface area contributed by atoms with Gasteiger partial charge in [-0.2, -0.15) is 13.2 Å². The fourth-order valence-electron chi connectivity index (χ4n) is 3.05. The number of hydrogen-bond acceptors (Lipinski definition) is 5. The summed E-state index contributed by atoms with van der Waals surface area (Å²) in [5.41, 5.74) is 0.178. The van der Waals surface area contributed by atoms with Gasteiger partial charge >= 0.3 is 6.18 Å². The van der Waals surface area contributed by atoms with Crippen molar-refractivity contribution < 1.29 is 32.2 Å². The first-order valence-corrected chi connectivity index (χ1v) is 8.02. The van der Waals surface area contributed by atoms with E-state index in [1.807, 2.05) is 0 Å². The van der Waals surface area contributed by atoms with Crippen molar-refractivity contribution in [2.75, 3.05) is 41.5 Å². The summed E-state index contributed by atoms with van der Waals surface area (Å²) in [5, 5.41) is 0. The Labute approximate surface area is 150 Å². The Balaban J connectivity index is 2.36. The molecule has 1 aromatic carbocycles. The maximum Gasteiger partial charge on any atom is 0.405 e. The number of ether oxygens (including phenoxy) is 3. The van der Waals surface area contributed by atoms with Crippen LogP contribution in [0.5, 0.6) is 17.2 Å². The van der Waals surface area contributed by atoms with Crippen LogP contribution in [0.25, 0.3) is 0 Å². The lowest BCUT2D eigenvalue weighted by molar-refractivity contribution is -0.197. The summed E-state index contributed by atoms with van der Waals surface area (Å²) >= 11 is 0. The standard InChI is InChI=1S/C17H23F3N2O4/c1-10-8-22(9-14(21(10)2)17(18,19)20)16(23)11-6-12(24-3)15(26-5)13(7-11)25-4/h6-7,10,14H,8-9H2,1-5H3. The summed E-state index contributed by atoms with van der Waals surface area (Å²) in [4.78, 5) is 15.3. The maximum atomic E-state index is 13.3. The number of rotatable bonds is 4. The van der Waals surface area contributed by atoms with Crippen LogP contribution in [0, 0.1) is 0 Å². The molecule has 1 aliphatic heterocycles. The second-order valence-electron chi connectivity index (χ2n) is 6.20. The van der Waals surface area contributed by atoms with Crippen molar-refractivity contribution in [3.05, 3.63) is 17.7 Å². The molecule has 9 heteroatoms. The molecule has 1 fully saturated rings. The van der Waals surface area contributed by atoms with Crippen LogP contribution in [0.1, 0.15) is 17.3 Å². The molecule has 1 aromatic rings. The number of carbonyl (C=O) groups excluding carboxylic acids is 1. The highest BCUT2D eigenvalue weighted by Crippen LogP contribution is 2.39. The summed E-state index contributed by atoms with van der Waals surface area (Å²) in [6, 6.07) is 0.739. The predicted molar refractivity (Wildman–Crippen MR) is 89.1 cm³/mol. The molecule has 6 nitrogen and oxygen atoms in total. The highest BCUT2D eigenvalue weighted by molar-refractivity contribution is 5.95.